The molecule has 186 valence electrons. The van der Waals surface area contributed by atoms with Crippen LogP contribution in [0.2, 0.25) is 0 Å². The van der Waals surface area contributed by atoms with Gasteiger partial charge < -0.3 is 15.7 Å². The standard InChI is InChI=1S/C26H34F2N2O3S/c1-16(31)30-23(12-18-9-19(27)13-20(28)10-18)24(32)15-29-22-7-8-34(33)25-6-5-17(11-21(22)25)14-26(2,3)4/h5-6,9-11,13,22-24,29,32H,7-8,12,14-15H2,1-4H3,(H,30,31). The molecule has 0 bridgehead atoms. The van der Waals surface area contributed by atoms with Crippen LogP contribution in [0.25, 0.3) is 0 Å². The van der Waals surface area contributed by atoms with Crippen LogP contribution in [0.3, 0.4) is 0 Å². The van der Waals surface area contributed by atoms with E-state index < -0.39 is 34.6 Å². The van der Waals surface area contributed by atoms with Gasteiger partial charge in [-0.1, -0.05) is 32.9 Å². The van der Waals surface area contributed by atoms with Crippen molar-refractivity contribution in [2.75, 3.05) is 12.3 Å². The summed E-state index contributed by atoms with van der Waals surface area (Å²) in [4.78, 5) is 12.5. The highest BCUT2D eigenvalue weighted by Gasteiger charge is 2.28. The van der Waals surface area contributed by atoms with Crippen LogP contribution in [0.1, 0.15) is 56.8 Å². The van der Waals surface area contributed by atoms with E-state index in [-0.39, 0.29) is 30.3 Å². The predicted molar refractivity (Wildman–Crippen MR) is 130 cm³/mol. The molecular weight excluding hydrogens is 458 g/mol. The molecular formula is C26H34F2N2O3S. The molecule has 0 radical (unpaired) electrons. The van der Waals surface area contributed by atoms with Crippen molar-refractivity contribution in [2.45, 2.75) is 70.0 Å². The van der Waals surface area contributed by atoms with Gasteiger partial charge in [-0.05, 0) is 59.6 Å². The number of hydrogen-bond acceptors (Lipinski definition) is 4. The van der Waals surface area contributed by atoms with Gasteiger partial charge >= 0.3 is 0 Å². The molecule has 3 N–H and O–H groups in total. The molecule has 1 amide bonds. The molecule has 2 aromatic carbocycles. The van der Waals surface area contributed by atoms with Crippen molar-refractivity contribution >= 4 is 16.7 Å². The van der Waals surface area contributed by atoms with Gasteiger partial charge in [0, 0.05) is 36.2 Å². The quantitative estimate of drug-likeness (QED) is 0.524. The van der Waals surface area contributed by atoms with Gasteiger partial charge in [0.15, 0.2) is 0 Å². The number of aliphatic hydroxyl groups is 1. The van der Waals surface area contributed by atoms with Gasteiger partial charge in [-0.25, -0.2) is 8.78 Å². The highest BCUT2D eigenvalue weighted by molar-refractivity contribution is 7.85. The number of amides is 1. The minimum absolute atomic E-state index is 0.0815. The van der Waals surface area contributed by atoms with Crippen LogP contribution >= 0.6 is 0 Å². The second kappa shape index (κ2) is 11.1. The Morgan fingerprint density at radius 1 is 1.15 bits per heavy atom. The third kappa shape index (κ3) is 7.42. The molecule has 8 heteroatoms. The highest BCUT2D eigenvalue weighted by atomic mass is 32.2. The van der Waals surface area contributed by atoms with Crippen molar-refractivity contribution in [2.24, 2.45) is 5.41 Å². The topological polar surface area (TPSA) is 78.4 Å². The number of carbonyl (C=O) groups is 1. The van der Waals surface area contributed by atoms with E-state index >= 15 is 0 Å². The second-order valence-corrected chi connectivity index (χ2v) is 11.8. The normalized spacial score (nSPS) is 19.9. The summed E-state index contributed by atoms with van der Waals surface area (Å²) < 4.78 is 39.8. The third-order valence-electron chi connectivity index (χ3n) is 5.83. The van der Waals surface area contributed by atoms with Crippen LogP contribution in [0, 0.1) is 17.0 Å². The fraction of sp³-hybridized carbons (Fsp3) is 0.500. The van der Waals surface area contributed by atoms with E-state index in [0.29, 0.717) is 17.7 Å². The summed E-state index contributed by atoms with van der Waals surface area (Å²) in [5.41, 5.74) is 2.60. The van der Waals surface area contributed by atoms with Crippen molar-refractivity contribution < 1.29 is 22.9 Å². The maximum atomic E-state index is 13.6. The summed E-state index contributed by atoms with van der Waals surface area (Å²) >= 11 is 0. The van der Waals surface area contributed by atoms with E-state index in [2.05, 4.69) is 37.5 Å². The van der Waals surface area contributed by atoms with Crippen LogP contribution < -0.4 is 10.6 Å². The largest absolute Gasteiger partial charge is 0.390 e. The van der Waals surface area contributed by atoms with Gasteiger partial charge in [0.2, 0.25) is 5.91 Å². The molecule has 1 aliphatic heterocycles. The van der Waals surface area contributed by atoms with Crippen molar-refractivity contribution in [3.63, 3.8) is 0 Å². The first-order chi connectivity index (χ1) is 15.9. The molecule has 1 heterocycles. The molecule has 4 unspecified atom stereocenters. The van der Waals surface area contributed by atoms with Crippen molar-refractivity contribution in [3.8, 4) is 0 Å². The van der Waals surface area contributed by atoms with Gasteiger partial charge in [-0.2, -0.15) is 0 Å². The summed E-state index contributed by atoms with van der Waals surface area (Å²) in [5.74, 6) is -1.23. The molecule has 0 aromatic heterocycles. The Kier molecular flexibility index (Phi) is 8.60. The zero-order valence-electron chi connectivity index (χ0n) is 20.2. The lowest BCUT2D eigenvalue weighted by Crippen LogP contribution is -2.48. The van der Waals surface area contributed by atoms with E-state index in [0.717, 1.165) is 22.9 Å². The summed E-state index contributed by atoms with van der Waals surface area (Å²) in [7, 11) is -1.06. The fourth-order valence-electron chi connectivity index (χ4n) is 4.43. The van der Waals surface area contributed by atoms with E-state index in [1.54, 1.807) is 0 Å². The van der Waals surface area contributed by atoms with E-state index in [1.807, 2.05) is 12.1 Å². The van der Waals surface area contributed by atoms with Gasteiger partial charge in [0.05, 0.1) is 22.9 Å². The number of carbonyl (C=O) groups excluding carboxylic acids is 1. The zero-order valence-corrected chi connectivity index (χ0v) is 21.0. The first-order valence-corrected chi connectivity index (χ1v) is 12.9. The molecule has 2 aromatic rings. The van der Waals surface area contributed by atoms with Crippen molar-refractivity contribution in [1.82, 2.24) is 10.6 Å². The summed E-state index contributed by atoms with van der Waals surface area (Å²) in [6, 6.07) is 8.43. The Morgan fingerprint density at radius 3 is 2.44 bits per heavy atom. The number of halogens is 2. The third-order valence-corrected chi connectivity index (χ3v) is 7.29. The first kappa shape index (κ1) is 26.4. The maximum Gasteiger partial charge on any atom is 0.217 e. The molecule has 5 nitrogen and oxygen atoms in total. The molecule has 1 aliphatic rings. The smallest absolute Gasteiger partial charge is 0.217 e. The Labute approximate surface area is 202 Å². The lowest BCUT2D eigenvalue weighted by Gasteiger charge is -2.30. The average molecular weight is 493 g/mol. The van der Waals surface area contributed by atoms with Crippen LogP contribution in [-0.2, 0) is 28.4 Å². The summed E-state index contributed by atoms with van der Waals surface area (Å²) in [6.07, 6.45) is 0.629. The molecule has 34 heavy (non-hydrogen) atoms. The molecule has 4 atom stereocenters. The molecule has 0 spiro atoms. The van der Waals surface area contributed by atoms with Crippen molar-refractivity contribution in [3.05, 3.63) is 64.7 Å². The molecule has 0 saturated heterocycles. The molecule has 0 fully saturated rings. The second-order valence-electron chi connectivity index (χ2n) is 10.3. The first-order valence-electron chi connectivity index (χ1n) is 11.6. The Balaban J connectivity index is 1.74. The lowest BCUT2D eigenvalue weighted by molar-refractivity contribution is -0.120. The van der Waals surface area contributed by atoms with E-state index in [4.69, 9.17) is 0 Å². The molecule has 0 aliphatic carbocycles. The Hall–Kier alpha value is -2.16. The van der Waals surface area contributed by atoms with Crippen molar-refractivity contribution in [1.29, 1.82) is 0 Å². The van der Waals surface area contributed by atoms with Gasteiger partial charge in [-0.15, -0.1) is 0 Å². The fourth-order valence-corrected chi connectivity index (χ4v) is 5.79. The van der Waals surface area contributed by atoms with Crippen LogP contribution in [-0.4, -0.2) is 39.7 Å². The number of rotatable bonds is 8. The number of fused-ring (bicyclic) bond motifs is 1. The Bertz CT molecular complexity index is 1030. The summed E-state index contributed by atoms with van der Waals surface area (Å²) in [5, 5.41) is 16.9. The van der Waals surface area contributed by atoms with Gasteiger partial charge in [0.25, 0.3) is 0 Å². The van der Waals surface area contributed by atoms with Gasteiger partial charge in [-0.3, -0.25) is 9.00 Å². The highest BCUT2D eigenvalue weighted by Crippen LogP contribution is 2.32. The van der Waals surface area contributed by atoms with Crippen LogP contribution in [0.15, 0.2) is 41.3 Å². The van der Waals surface area contributed by atoms with Gasteiger partial charge in [0.1, 0.15) is 11.6 Å². The number of benzene rings is 2. The number of hydrogen-bond donors (Lipinski definition) is 3. The number of nitrogens with one attached hydrogen (secondary N) is 2. The minimum atomic E-state index is -1.06. The summed E-state index contributed by atoms with van der Waals surface area (Å²) in [6.45, 7) is 8.00. The monoisotopic (exact) mass is 492 g/mol. The molecule has 0 saturated carbocycles. The average Bonchev–Trinajstić information content (AvgIpc) is 2.70. The predicted octanol–water partition coefficient (Wildman–Crippen LogP) is 3.80. The lowest BCUT2D eigenvalue weighted by atomic mass is 9.87. The van der Waals surface area contributed by atoms with E-state index in [1.165, 1.54) is 24.6 Å². The SMILES string of the molecule is CC(=O)NC(Cc1cc(F)cc(F)c1)C(O)CNC1CCS(=O)c2ccc(CC(C)(C)C)cc21. The number of aliphatic hydroxyl groups excluding tert-OH is 1. The maximum absolute atomic E-state index is 13.6. The van der Waals surface area contributed by atoms with Crippen LogP contribution in [0.4, 0.5) is 8.78 Å². The molecule has 3 rings (SSSR count). The Morgan fingerprint density at radius 2 is 1.82 bits per heavy atom. The van der Waals surface area contributed by atoms with E-state index in [9.17, 15) is 22.9 Å². The zero-order chi connectivity index (χ0) is 25.0. The minimum Gasteiger partial charge on any atom is -0.390 e. The van der Waals surface area contributed by atoms with Crippen LogP contribution in [0.5, 0.6) is 0 Å².